The van der Waals surface area contributed by atoms with Gasteiger partial charge in [0.2, 0.25) is 0 Å². The Hall–Kier alpha value is -0.860. The molecule has 118 valence electrons. The number of benzene rings is 1. The van der Waals surface area contributed by atoms with E-state index in [4.69, 9.17) is 0 Å². The molecular weight excluding hydrogens is 256 g/mol. The van der Waals surface area contributed by atoms with Crippen LogP contribution in [0.5, 0.6) is 0 Å². The molecule has 0 saturated carbocycles. The van der Waals surface area contributed by atoms with Crippen molar-refractivity contribution in [3.05, 3.63) is 35.4 Å². The van der Waals surface area contributed by atoms with E-state index in [1.165, 1.54) is 24.1 Å². The maximum Gasteiger partial charge on any atom is 0.0278 e. The van der Waals surface area contributed by atoms with Gasteiger partial charge in [0.05, 0.1) is 0 Å². The average molecular weight is 288 g/mol. The maximum absolute atomic E-state index is 3.77. The fourth-order valence-electron chi connectivity index (χ4n) is 3.38. The zero-order chi connectivity index (χ0) is 15.5. The van der Waals surface area contributed by atoms with Crippen LogP contribution >= 0.6 is 0 Å². The molecule has 0 bridgehead atoms. The summed E-state index contributed by atoms with van der Waals surface area (Å²) in [5.74, 6) is 0.705. The Morgan fingerprint density at radius 1 is 1.38 bits per heavy atom. The monoisotopic (exact) mass is 288 g/mol. The molecule has 1 saturated heterocycles. The zero-order valence-corrected chi connectivity index (χ0v) is 14.4. The summed E-state index contributed by atoms with van der Waals surface area (Å²) in [6.45, 7) is 15.0. The molecule has 1 aliphatic heterocycles. The van der Waals surface area contributed by atoms with Crippen LogP contribution in [0.4, 0.5) is 0 Å². The number of hydrogen-bond acceptors (Lipinski definition) is 2. The molecule has 2 nitrogen and oxygen atoms in total. The van der Waals surface area contributed by atoms with Gasteiger partial charge in [0.25, 0.3) is 0 Å². The van der Waals surface area contributed by atoms with E-state index in [0.29, 0.717) is 12.0 Å². The summed E-state index contributed by atoms with van der Waals surface area (Å²) in [7, 11) is 0. The molecule has 1 aromatic carbocycles. The van der Waals surface area contributed by atoms with Crippen LogP contribution in [0.25, 0.3) is 0 Å². The standard InChI is InChI=1S/C19H32N2/c1-6-19(5)14-21(18(13-20-19)15(2)3)11-10-17-9-7-8-16(4)12-17/h7-9,12,15,18,20H,6,10-11,13-14H2,1-5H3. The zero-order valence-electron chi connectivity index (χ0n) is 14.4. The molecule has 0 amide bonds. The Balaban J connectivity index is 2.02. The Kier molecular flexibility index (Phi) is 5.45. The topological polar surface area (TPSA) is 15.3 Å². The predicted octanol–water partition coefficient (Wildman–Crippen LogP) is 3.64. The van der Waals surface area contributed by atoms with Crippen LogP contribution < -0.4 is 5.32 Å². The molecule has 0 aromatic heterocycles. The van der Waals surface area contributed by atoms with Crippen LogP contribution in [0, 0.1) is 12.8 Å². The second-order valence-corrected chi connectivity index (χ2v) is 7.32. The van der Waals surface area contributed by atoms with Crippen molar-refractivity contribution in [1.29, 1.82) is 0 Å². The van der Waals surface area contributed by atoms with E-state index in [0.717, 1.165) is 19.5 Å². The third kappa shape index (κ3) is 4.31. The second-order valence-electron chi connectivity index (χ2n) is 7.32. The molecule has 1 aliphatic rings. The Bertz CT molecular complexity index is 455. The molecule has 21 heavy (non-hydrogen) atoms. The lowest BCUT2D eigenvalue weighted by atomic mass is 9.89. The fourth-order valence-corrected chi connectivity index (χ4v) is 3.38. The van der Waals surface area contributed by atoms with Gasteiger partial charge in [-0.3, -0.25) is 4.90 Å². The molecule has 2 atom stereocenters. The van der Waals surface area contributed by atoms with Gasteiger partial charge < -0.3 is 5.32 Å². The van der Waals surface area contributed by atoms with Crippen LogP contribution in [-0.2, 0) is 6.42 Å². The summed E-state index contributed by atoms with van der Waals surface area (Å²) in [5.41, 5.74) is 3.11. The van der Waals surface area contributed by atoms with Gasteiger partial charge in [0.1, 0.15) is 0 Å². The molecule has 1 aromatic rings. The van der Waals surface area contributed by atoms with E-state index in [9.17, 15) is 0 Å². The van der Waals surface area contributed by atoms with Crippen molar-refractivity contribution in [1.82, 2.24) is 10.2 Å². The number of nitrogens with zero attached hydrogens (tertiary/aromatic N) is 1. The number of aryl methyl sites for hydroxylation is 1. The van der Waals surface area contributed by atoms with Gasteiger partial charge in [-0.2, -0.15) is 0 Å². The summed E-state index contributed by atoms with van der Waals surface area (Å²) in [5, 5.41) is 3.77. The summed E-state index contributed by atoms with van der Waals surface area (Å²) in [6, 6.07) is 9.61. The van der Waals surface area contributed by atoms with E-state index in [1.807, 2.05) is 0 Å². The van der Waals surface area contributed by atoms with Crippen LogP contribution in [0.15, 0.2) is 24.3 Å². The lowest BCUT2D eigenvalue weighted by Gasteiger charge is -2.47. The normalized spacial score (nSPS) is 27.2. The van der Waals surface area contributed by atoms with Crippen LogP contribution in [0.1, 0.15) is 45.2 Å². The number of rotatable bonds is 5. The average Bonchev–Trinajstić information content (AvgIpc) is 2.45. The van der Waals surface area contributed by atoms with Crippen molar-refractivity contribution < 1.29 is 0 Å². The highest BCUT2D eigenvalue weighted by atomic mass is 15.3. The van der Waals surface area contributed by atoms with Gasteiger partial charge in [0.15, 0.2) is 0 Å². The first-order valence-corrected chi connectivity index (χ1v) is 8.48. The first kappa shape index (κ1) is 16.5. The molecule has 2 unspecified atom stereocenters. The number of hydrogen-bond donors (Lipinski definition) is 1. The first-order chi connectivity index (χ1) is 9.93. The van der Waals surface area contributed by atoms with Crippen molar-refractivity contribution in [2.75, 3.05) is 19.6 Å². The molecular formula is C19H32N2. The highest BCUT2D eigenvalue weighted by Gasteiger charge is 2.35. The SMILES string of the molecule is CCC1(C)CN(CCc2cccc(C)c2)C(C(C)C)CN1. The Labute approximate surface area is 130 Å². The minimum absolute atomic E-state index is 0.276. The Morgan fingerprint density at radius 2 is 2.14 bits per heavy atom. The van der Waals surface area contributed by atoms with Crippen molar-refractivity contribution >= 4 is 0 Å². The molecule has 2 rings (SSSR count). The van der Waals surface area contributed by atoms with Crippen LogP contribution in [0.2, 0.25) is 0 Å². The van der Waals surface area contributed by atoms with Crippen molar-refractivity contribution in [3.63, 3.8) is 0 Å². The Morgan fingerprint density at radius 3 is 2.76 bits per heavy atom. The third-order valence-corrected chi connectivity index (χ3v) is 5.08. The molecule has 2 heteroatoms. The van der Waals surface area contributed by atoms with Gasteiger partial charge in [0, 0.05) is 31.2 Å². The first-order valence-electron chi connectivity index (χ1n) is 8.48. The largest absolute Gasteiger partial charge is 0.309 e. The van der Waals surface area contributed by atoms with E-state index < -0.39 is 0 Å². The second kappa shape index (κ2) is 6.93. The minimum atomic E-state index is 0.276. The highest BCUT2D eigenvalue weighted by molar-refractivity contribution is 5.22. The summed E-state index contributed by atoms with van der Waals surface area (Å²) in [4.78, 5) is 2.72. The predicted molar refractivity (Wildman–Crippen MR) is 91.8 cm³/mol. The third-order valence-electron chi connectivity index (χ3n) is 5.08. The molecule has 1 N–H and O–H groups in total. The van der Waals surface area contributed by atoms with E-state index >= 15 is 0 Å². The highest BCUT2D eigenvalue weighted by Crippen LogP contribution is 2.23. The molecule has 0 radical (unpaired) electrons. The van der Waals surface area contributed by atoms with Gasteiger partial charge in [-0.15, -0.1) is 0 Å². The van der Waals surface area contributed by atoms with Gasteiger partial charge in [-0.05, 0) is 38.2 Å². The maximum atomic E-state index is 3.77. The quantitative estimate of drug-likeness (QED) is 0.890. The van der Waals surface area contributed by atoms with Gasteiger partial charge in [-0.25, -0.2) is 0 Å². The minimum Gasteiger partial charge on any atom is -0.309 e. The van der Waals surface area contributed by atoms with E-state index in [2.05, 4.69) is 69.1 Å². The number of piperazine rings is 1. The van der Waals surface area contributed by atoms with Gasteiger partial charge >= 0.3 is 0 Å². The lowest BCUT2D eigenvalue weighted by Crippen LogP contribution is -2.64. The molecule has 1 heterocycles. The van der Waals surface area contributed by atoms with Crippen LogP contribution in [0.3, 0.4) is 0 Å². The van der Waals surface area contributed by atoms with Gasteiger partial charge in [-0.1, -0.05) is 50.6 Å². The summed E-state index contributed by atoms with van der Waals surface area (Å²) in [6.07, 6.45) is 2.35. The van der Waals surface area contributed by atoms with E-state index in [1.54, 1.807) is 0 Å². The van der Waals surface area contributed by atoms with Crippen molar-refractivity contribution in [2.45, 2.75) is 59.0 Å². The van der Waals surface area contributed by atoms with Crippen LogP contribution in [-0.4, -0.2) is 36.1 Å². The van der Waals surface area contributed by atoms with E-state index in [-0.39, 0.29) is 5.54 Å². The summed E-state index contributed by atoms with van der Waals surface area (Å²) >= 11 is 0. The number of nitrogens with one attached hydrogen (secondary N) is 1. The van der Waals surface area contributed by atoms with Crippen molar-refractivity contribution in [2.24, 2.45) is 5.92 Å². The fraction of sp³-hybridized carbons (Fsp3) is 0.684. The lowest BCUT2D eigenvalue weighted by molar-refractivity contribution is 0.0613. The van der Waals surface area contributed by atoms with Crippen molar-refractivity contribution in [3.8, 4) is 0 Å². The molecule has 0 aliphatic carbocycles. The summed E-state index contributed by atoms with van der Waals surface area (Å²) < 4.78 is 0. The molecule has 0 spiro atoms. The molecule has 1 fully saturated rings. The smallest absolute Gasteiger partial charge is 0.0278 e.